The Kier molecular flexibility index (Phi) is 5.97. The molecule has 0 bridgehead atoms. The fraction of sp³-hybridized carbons (Fsp3) is 0.682. The van der Waals surface area contributed by atoms with Gasteiger partial charge in [0.1, 0.15) is 4.90 Å². The third-order valence-electron chi connectivity index (χ3n) is 7.00. The highest BCUT2D eigenvalue weighted by molar-refractivity contribution is 7.89. The van der Waals surface area contributed by atoms with E-state index in [1.165, 1.54) is 23.2 Å². The second-order valence-electron chi connectivity index (χ2n) is 9.16. The number of hydrogen-bond donors (Lipinski definition) is 0. The summed E-state index contributed by atoms with van der Waals surface area (Å²) in [7, 11) is -3.71. The van der Waals surface area contributed by atoms with Gasteiger partial charge in [0.25, 0.3) is 5.91 Å². The second-order valence-corrected chi connectivity index (χ2v) is 11.5. The molecule has 1 aromatic carbocycles. The third-order valence-corrected chi connectivity index (χ3v) is 9.34. The highest BCUT2D eigenvalue weighted by atomic mass is 35.5. The van der Waals surface area contributed by atoms with Crippen molar-refractivity contribution in [1.82, 2.24) is 9.21 Å². The van der Waals surface area contributed by atoms with E-state index in [-0.39, 0.29) is 27.9 Å². The summed E-state index contributed by atoms with van der Waals surface area (Å²) >= 11 is 6.31. The summed E-state index contributed by atoms with van der Waals surface area (Å²) in [6.45, 7) is 5.19. The Morgan fingerprint density at radius 2 is 1.86 bits per heavy atom. The number of piperidine rings is 1. The van der Waals surface area contributed by atoms with E-state index >= 15 is 0 Å². The summed E-state index contributed by atoms with van der Waals surface area (Å²) in [6.07, 6.45) is 7.56. The van der Waals surface area contributed by atoms with Gasteiger partial charge in [0, 0.05) is 30.7 Å². The predicted molar refractivity (Wildman–Crippen MR) is 115 cm³/mol. The number of hydrogen-bond acceptors (Lipinski definition) is 3. The molecule has 7 heteroatoms. The largest absolute Gasteiger partial charge is 0.333 e. The average Bonchev–Trinajstić information content (AvgIpc) is 3.03. The smallest absolute Gasteiger partial charge is 0.254 e. The molecule has 4 unspecified atom stereocenters. The maximum Gasteiger partial charge on any atom is 0.254 e. The van der Waals surface area contributed by atoms with E-state index in [1.807, 2.05) is 4.90 Å². The first-order valence-corrected chi connectivity index (χ1v) is 12.7. The van der Waals surface area contributed by atoms with Gasteiger partial charge < -0.3 is 4.90 Å². The molecule has 1 amide bonds. The Hall–Kier alpha value is -1.11. The average molecular weight is 439 g/mol. The number of carbonyl (C=O) groups excluding carboxylic acids is 1. The van der Waals surface area contributed by atoms with Crippen molar-refractivity contribution in [3.63, 3.8) is 0 Å². The first-order chi connectivity index (χ1) is 13.8. The van der Waals surface area contributed by atoms with Crippen LogP contribution in [0.3, 0.4) is 0 Å². The zero-order valence-electron chi connectivity index (χ0n) is 17.3. The van der Waals surface area contributed by atoms with Gasteiger partial charge in [-0.25, -0.2) is 8.42 Å². The summed E-state index contributed by atoms with van der Waals surface area (Å²) in [5.74, 6) is 0.843. The van der Waals surface area contributed by atoms with Gasteiger partial charge in [-0.15, -0.1) is 0 Å². The van der Waals surface area contributed by atoms with Crippen molar-refractivity contribution in [1.29, 1.82) is 0 Å². The molecule has 4 rings (SSSR count). The van der Waals surface area contributed by atoms with E-state index < -0.39 is 10.0 Å². The lowest BCUT2D eigenvalue weighted by molar-refractivity contribution is 0.0633. The maximum atomic E-state index is 13.4. The fourth-order valence-electron chi connectivity index (χ4n) is 5.55. The van der Waals surface area contributed by atoms with Gasteiger partial charge >= 0.3 is 0 Å². The van der Waals surface area contributed by atoms with Gasteiger partial charge in [-0.3, -0.25) is 4.79 Å². The lowest BCUT2D eigenvalue weighted by Crippen LogP contribution is -2.42. The van der Waals surface area contributed by atoms with Crippen molar-refractivity contribution in [3.05, 3.63) is 28.8 Å². The van der Waals surface area contributed by atoms with E-state index in [4.69, 9.17) is 11.6 Å². The molecule has 3 aliphatic rings. The first-order valence-electron chi connectivity index (χ1n) is 10.9. The van der Waals surface area contributed by atoms with Gasteiger partial charge in [0.15, 0.2) is 0 Å². The van der Waals surface area contributed by atoms with E-state index in [2.05, 4.69) is 13.8 Å². The molecule has 4 atom stereocenters. The number of benzene rings is 1. The number of nitrogens with zero attached hydrogens (tertiary/aromatic N) is 2. The molecule has 1 aromatic rings. The first kappa shape index (κ1) is 21.1. The molecule has 0 N–H and O–H groups in total. The van der Waals surface area contributed by atoms with Crippen molar-refractivity contribution in [2.45, 2.75) is 75.8 Å². The van der Waals surface area contributed by atoms with Crippen molar-refractivity contribution in [2.75, 3.05) is 13.1 Å². The molecule has 0 spiro atoms. The maximum absolute atomic E-state index is 13.4. The zero-order valence-corrected chi connectivity index (χ0v) is 18.9. The minimum atomic E-state index is -3.71. The Labute approximate surface area is 179 Å². The van der Waals surface area contributed by atoms with Crippen LogP contribution in [0.2, 0.25) is 5.02 Å². The van der Waals surface area contributed by atoms with Crippen molar-refractivity contribution < 1.29 is 13.2 Å². The van der Waals surface area contributed by atoms with E-state index in [0.717, 1.165) is 32.1 Å². The molecule has 1 saturated carbocycles. The van der Waals surface area contributed by atoms with Gasteiger partial charge in [0.05, 0.1) is 5.02 Å². The number of halogens is 1. The molecule has 0 aromatic heterocycles. The van der Waals surface area contributed by atoms with Gasteiger partial charge in [-0.05, 0) is 69.1 Å². The topological polar surface area (TPSA) is 57.7 Å². The molecule has 2 aliphatic heterocycles. The summed E-state index contributed by atoms with van der Waals surface area (Å²) in [5, 5.41) is 0.185. The molecule has 0 radical (unpaired) electrons. The van der Waals surface area contributed by atoms with E-state index in [9.17, 15) is 13.2 Å². The van der Waals surface area contributed by atoms with Crippen LogP contribution < -0.4 is 0 Å². The third kappa shape index (κ3) is 3.96. The van der Waals surface area contributed by atoms with Crippen LogP contribution in [0.25, 0.3) is 0 Å². The summed E-state index contributed by atoms with van der Waals surface area (Å²) in [4.78, 5) is 15.5. The quantitative estimate of drug-likeness (QED) is 0.695. The molecule has 2 heterocycles. The minimum absolute atomic E-state index is 0.0613. The number of amides is 1. The van der Waals surface area contributed by atoms with Crippen LogP contribution in [0.4, 0.5) is 0 Å². The molecule has 3 fully saturated rings. The summed E-state index contributed by atoms with van der Waals surface area (Å²) in [5.41, 5.74) is 0.427. The van der Waals surface area contributed by atoms with Crippen molar-refractivity contribution in [2.24, 2.45) is 11.8 Å². The minimum Gasteiger partial charge on any atom is -0.333 e. The molecular weight excluding hydrogens is 408 g/mol. The van der Waals surface area contributed by atoms with Crippen LogP contribution in [-0.2, 0) is 10.0 Å². The lowest BCUT2D eigenvalue weighted by atomic mass is 9.85. The second kappa shape index (κ2) is 8.20. The molecule has 2 saturated heterocycles. The molecule has 1 aliphatic carbocycles. The highest BCUT2D eigenvalue weighted by Crippen LogP contribution is 2.40. The molecule has 5 nitrogen and oxygen atoms in total. The van der Waals surface area contributed by atoms with Crippen LogP contribution in [0.1, 0.15) is 69.2 Å². The Morgan fingerprint density at radius 1 is 1.10 bits per heavy atom. The normalized spacial score (nSPS) is 30.9. The van der Waals surface area contributed by atoms with Crippen LogP contribution in [0.15, 0.2) is 23.1 Å². The Balaban J connectivity index is 1.64. The number of fused-ring (bicyclic) bond motifs is 1. The Bertz CT molecular complexity index is 888. The molecular formula is C22H31ClN2O3S. The number of carbonyl (C=O) groups is 1. The SMILES string of the molecule is CC1CCCN(S(=O)(=O)c2cc(C(=O)N3C(C)CC4CCCCC43)ccc2Cl)C1. The van der Waals surface area contributed by atoms with Gasteiger partial charge in [-0.2, -0.15) is 4.31 Å². The van der Waals surface area contributed by atoms with Gasteiger partial charge in [0.2, 0.25) is 10.0 Å². The monoisotopic (exact) mass is 438 g/mol. The van der Waals surface area contributed by atoms with E-state index in [0.29, 0.717) is 30.5 Å². The zero-order chi connectivity index (χ0) is 20.8. The molecule has 29 heavy (non-hydrogen) atoms. The predicted octanol–water partition coefficient (Wildman–Crippen LogP) is 4.55. The highest BCUT2D eigenvalue weighted by Gasteiger charge is 2.43. The van der Waals surface area contributed by atoms with Gasteiger partial charge in [-0.1, -0.05) is 31.4 Å². The number of likely N-dealkylation sites (tertiary alicyclic amines) is 1. The van der Waals surface area contributed by atoms with Crippen LogP contribution in [0, 0.1) is 11.8 Å². The van der Waals surface area contributed by atoms with Crippen molar-refractivity contribution >= 4 is 27.5 Å². The summed E-state index contributed by atoms with van der Waals surface area (Å²) in [6, 6.07) is 5.21. The van der Waals surface area contributed by atoms with Crippen LogP contribution in [-0.4, -0.2) is 48.7 Å². The van der Waals surface area contributed by atoms with Crippen LogP contribution in [0.5, 0.6) is 0 Å². The number of sulfonamides is 1. The standard InChI is InChI=1S/C22H31ClN2O3S/c1-15-6-5-11-24(14-15)29(27,28)21-13-18(9-10-19(21)23)22(26)25-16(2)12-17-7-3-4-8-20(17)25/h9-10,13,15-17,20H,3-8,11-12,14H2,1-2H3. The number of rotatable bonds is 3. The van der Waals surface area contributed by atoms with Crippen molar-refractivity contribution in [3.8, 4) is 0 Å². The fourth-order valence-corrected chi connectivity index (χ4v) is 7.64. The lowest BCUT2D eigenvalue weighted by Gasteiger charge is -2.33. The van der Waals surface area contributed by atoms with E-state index in [1.54, 1.807) is 12.1 Å². The van der Waals surface area contributed by atoms with Crippen LogP contribution >= 0.6 is 11.6 Å². The summed E-state index contributed by atoms with van der Waals surface area (Å²) < 4.78 is 28.0. The molecule has 160 valence electrons. The Morgan fingerprint density at radius 3 is 2.62 bits per heavy atom.